The molecule has 0 saturated heterocycles. The number of amides is 1. The molecule has 0 unspecified atom stereocenters. The molecule has 0 heterocycles. The number of nitrogens with two attached hydrogens (primary N) is 1. The highest BCUT2D eigenvalue weighted by Crippen LogP contribution is 2.37. The van der Waals surface area contributed by atoms with Gasteiger partial charge in [-0.15, -0.1) is 0 Å². The fourth-order valence-corrected chi connectivity index (χ4v) is 2.81. The molecular weight excluding hydrogens is 389 g/mol. The molecule has 2 aromatic carbocycles. The molecule has 6 nitrogen and oxygen atoms in total. The Balaban J connectivity index is 2.54. The summed E-state index contributed by atoms with van der Waals surface area (Å²) < 4.78 is 49.5. The fourth-order valence-electron chi connectivity index (χ4n) is 2.81. The van der Waals surface area contributed by atoms with Gasteiger partial charge in [0, 0.05) is 12.1 Å². The minimum Gasteiger partial charge on any atom is -0.496 e. The monoisotopic (exact) mass is 410 g/mol. The van der Waals surface area contributed by atoms with Crippen molar-refractivity contribution in [2.24, 2.45) is 5.73 Å². The van der Waals surface area contributed by atoms with Gasteiger partial charge in [0.25, 0.3) is 0 Å². The SMILES string of the molecule is COC(=O)Cc1ccc(OC)c(-c2ccc(C(F)(F)F)cc2CNCC(N)=O)c1. The van der Waals surface area contributed by atoms with Crippen LogP contribution < -0.4 is 15.8 Å². The van der Waals surface area contributed by atoms with E-state index in [1.165, 1.54) is 20.3 Å². The summed E-state index contributed by atoms with van der Waals surface area (Å²) in [7, 11) is 2.71. The lowest BCUT2D eigenvalue weighted by Crippen LogP contribution is -2.28. The van der Waals surface area contributed by atoms with Gasteiger partial charge in [0.15, 0.2) is 0 Å². The summed E-state index contributed by atoms with van der Waals surface area (Å²) in [6, 6.07) is 8.29. The molecule has 0 radical (unpaired) electrons. The zero-order valence-corrected chi connectivity index (χ0v) is 15.9. The Morgan fingerprint density at radius 2 is 1.79 bits per heavy atom. The summed E-state index contributed by atoms with van der Waals surface area (Å²) >= 11 is 0. The van der Waals surface area contributed by atoms with Crippen molar-refractivity contribution >= 4 is 11.9 Å². The van der Waals surface area contributed by atoms with Gasteiger partial charge in [-0.3, -0.25) is 9.59 Å². The molecule has 0 aliphatic carbocycles. The van der Waals surface area contributed by atoms with Gasteiger partial charge in [-0.05, 0) is 41.0 Å². The average Bonchev–Trinajstić information content (AvgIpc) is 2.66. The third-order valence-electron chi connectivity index (χ3n) is 4.18. The van der Waals surface area contributed by atoms with Crippen LogP contribution in [0.1, 0.15) is 16.7 Å². The summed E-state index contributed by atoms with van der Waals surface area (Å²) in [5, 5.41) is 2.73. The van der Waals surface area contributed by atoms with Crippen LogP contribution in [0, 0.1) is 0 Å². The summed E-state index contributed by atoms with van der Waals surface area (Å²) in [5.74, 6) is -0.650. The van der Waals surface area contributed by atoms with Crippen molar-refractivity contribution in [1.82, 2.24) is 5.32 Å². The van der Waals surface area contributed by atoms with E-state index in [-0.39, 0.29) is 19.5 Å². The van der Waals surface area contributed by atoms with E-state index in [1.54, 1.807) is 18.2 Å². The predicted molar refractivity (Wildman–Crippen MR) is 100 cm³/mol. The number of halogens is 3. The number of carbonyl (C=O) groups is 2. The molecule has 0 saturated carbocycles. The second-order valence-electron chi connectivity index (χ2n) is 6.23. The lowest BCUT2D eigenvalue weighted by molar-refractivity contribution is -0.140. The number of nitrogens with one attached hydrogen (secondary N) is 1. The summed E-state index contributed by atoms with van der Waals surface area (Å²) in [5.41, 5.74) is 6.17. The van der Waals surface area contributed by atoms with Crippen LogP contribution in [0.4, 0.5) is 13.2 Å². The Morgan fingerprint density at radius 3 is 2.38 bits per heavy atom. The van der Waals surface area contributed by atoms with E-state index >= 15 is 0 Å². The molecule has 156 valence electrons. The first kappa shape index (κ1) is 22.2. The van der Waals surface area contributed by atoms with Gasteiger partial charge in [0.05, 0.1) is 32.7 Å². The molecule has 0 aliphatic heterocycles. The number of esters is 1. The van der Waals surface area contributed by atoms with E-state index in [4.69, 9.17) is 10.5 Å². The van der Waals surface area contributed by atoms with Crippen molar-refractivity contribution in [3.8, 4) is 16.9 Å². The molecule has 2 aromatic rings. The molecule has 0 spiro atoms. The second kappa shape index (κ2) is 9.42. The number of methoxy groups -OCH3 is 2. The van der Waals surface area contributed by atoms with Crippen LogP contribution in [0.25, 0.3) is 11.1 Å². The van der Waals surface area contributed by atoms with Gasteiger partial charge in [0.1, 0.15) is 5.75 Å². The first-order valence-electron chi connectivity index (χ1n) is 8.59. The average molecular weight is 410 g/mol. The molecule has 0 aromatic heterocycles. The van der Waals surface area contributed by atoms with Gasteiger partial charge < -0.3 is 20.5 Å². The summed E-state index contributed by atoms with van der Waals surface area (Å²) in [4.78, 5) is 22.5. The molecule has 0 bridgehead atoms. The molecule has 1 amide bonds. The molecule has 9 heteroatoms. The van der Waals surface area contributed by atoms with Gasteiger partial charge in [-0.25, -0.2) is 0 Å². The van der Waals surface area contributed by atoms with Crippen molar-refractivity contribution in [1.29, 1.82) is 0 Å². The van der Waals surface area contributed by atoms with Crippen LogP contribution in [0.15, 0.2) is 36.4 Å². The zero-order chi connectivity index (χ0) is 21.6. The van der Waals surface area contributed by atoms with Crippen LogP contribution in [0.3, 0.4) is 0 Å². The maximum absolute atomic E-state index is 13.2. The number of ether oxygens (including phenoxy) is 2. The maximum atomic E-state index is 13.2. The van der Waals surface area contributed by atoms with Crippen LogP contribution >= 0.6 is 0 Å². The first-order chi connectivity index (χ1) is 13.7. The third kappa shape index (κ3) is 5.95. The summed E-state index contributed by atoms with van der Waals surface area (Å²) in [6.07, 6.45) is -4.52. The van der Waals surface area contributed by atoms with E-state index in [2.05, 4.69) is 10.1 Å². The molecular formula is C20H21F3N2O4. The van der Waals surface area contributed by atoms with Crippen LogP contribution in [0.5, 0.6) is 5.75 Å². The number of primary amides is 1. The van der Waals surface area contributed by atoms with Crippen molar-refractivity contribution in [3.63, 3.8) is 0 Å². The largest absolute Gasteiger partial charge is 0.496 e. The third-order valence-corrected chi connectivity index (χ3v) is 4.18. The lowest BCUT2D eigenvalue weighted by atomic mass is 9.94. The molecule has 2 rings (SSSR count). The smallest absolute Gasteiger partial charge is 0.416 e. The molecule has 0 fully saturated rings. The van der Waals surface area contributed by atoms with E-state index in [1.807, 2.05) is 0 Å². The predicted octanol–water partition coefficient (Wildman–Crippen LogP) is 2.67. The number of hydrogen-bond acceptors (Lipinski definition) is 5. The highest BCUT2D eigenvalue weighted by atomic mass is 19.4. The number of carbonyl (C=O) groups excluding carboxylic acids is 2. The van der Waals surface area contributed by atoms with Crippen LogP contribution in [-0.4, -0.2) is 32.6 Å². The first-order valence-corrected chi connectivity index (χ1v) is 8.59. The second-order valence-corrected chi connectivity index (χ2v) is 6.23. The Bertz CT molecular complexity index is 898. The topological polar surface area (TPSA) is 90.7 Å². The van der Waals surface area contributed by atoms with E-state index in [9.17, 15) is 22.8 Å². The van der Waals surface area contributed by atoms with Crippen molar-refractivity contribution in [2.75, 3.05) is 20.8 Å². The Kier molecular flexibility index (Phi) is 7.22. The number of hydrogen-bond donors (Lipinski definition) is 2. The number of rotatable bonds is 8. The Morgan fingerprint density at radius 1 is 1.07 bits per heavy atom. The normalized spacial score (nSPS) is 11.2. The van der Waals surface area contributed by atoms with Crippen molar-refractivity contribution in [2.45, 2.75) is 19.1 Å². The zero-order valence-electron chi connectivity index (χ0n) is 15.9. The lowest BCUT2D eigenvalue weighted by Gasteiger charge is -2.17. The summed E-state index contributed by atoms with van der Waals surface area (Å²) in [6.45, 7) is -0.207. The number of benzene rings is 2. The van der Waals surface area contributed by atoms with Crippen molar-refractivity contribution < 1.29 is 32.2 Å². The molecule has 0 atom stereocenters. The Labute approximate surface area is 165 Å². The number of alkyl halides is 3. The molecule has 0 aliphatic rings. The minimum atomic E-state index is -4.52. The van der Waals surface area contributed by atoms with Gasteiger partial charge >= 0.3 is 12.1 Å². The van der Waals surface area contributed by atoms with Gasteiger partial charge in [0.2, 0.25) is 5.91 Å². The van der Waals surface area contributed by atoms with Gasteiger partial charge in [-0.2, -0.15) is 13.2 Å². The Hall–Kier alpha value is -3.07. The van der Waals surface area contributed by atoms with Crippen molar-refractivity contribution in [3.05, 3.63) is 53.1 Å². The molecule has 29 heavy (non-hydrogen) atoms. The standard InChI is InChI=1S/C20H21F3N2O4/c1-28-17-6-3-12(8-19(27)29-2)7-16(17)15-5-4-14(20(21,22)23)9-13(15)10-25-11-18(24)26/h3-7,9,25H,8,10-11H2,1-2H3,(H2,24,26). The van der Waals surface area contributed by atoms with E-state index < -0.39 is 23.6 Å². The highest BCUT2D eigenvalue weighted by molar-refractivity contribution is 5.78. The van der Waals surface area contributed by atoms with Crippen LogP contribution in [-0.2, 0) is 33.5 Å². The highest BCUT2D eigenvalue weighted by Gasteiger charge is 2.31. The van der Waals surface area contributed by atoms with E-state index in [0.717, 1.165) is 12.1 Å². The van der Waals surface area contributed by atoms with Gasteiger partial charge in [-0.1, -0.05) is 12.1 Å². The molecule has 3 N–H and O–H groups in total. The fraction of sp³-hybridized carbons (Fsp3) is 0.300. The maximum Gasteiger partial charge on any atom is 0.416 e. The van der Waals surface area contributed by atoms with E-state index in [0.29, 0.717) is 28.0 Å². The van der Waals surface area contributed by atoms with Crippen LogP contribution in [0.2, 0.25) is 0 Å². The quantitative estimate of drug-likeness (QED) is 0.653. The minimum absolute atomic E-state index is 0.00336.